The molecule has 0 aliphatic carbocycles. The van der Waals surface area contributed by atoms with Gasteiger partial charge in [-0.15, -0.1) is 0 Å². The highest BCUT2D eigenvalue weighted by Crippen LogP contribution is 2.22. The van der Waals surface area contributed by atoms with Gasteiger partial charge in [-0.1, -0.05) is 12.1 Å². The Labute approximate surface area is 136 Å². The first-order valence-corrected chi connectivity index (χ1v) is 9.76. The zero-order valence-electron chi connectivity index (χ0n) is 13.0. The molecular formula is C15H18N2O4S2. The summed E-state index contributed by atoms with van der Waals surface area (Å²) in [6.07, 6.45) is 0. The minimum Gasteiger partial charge on any atom is -0.279 e. The lowest BCUT2D eigenvalue weighted by molar-refractivity contribution is 0.587. The summed E-state index contributed by atoms with van der Waals surface area (Å²) in [5.74, 6) is 0. The average molecular weight is 354 g/mol. The Morgan fingerprint density at radius 2 is 1.30 bits per heavy atom. The lowest BCUT2D eigenvalue weighted by atomic mass is 10.1. The van der Waals surface area contributed by atoms with Crippen LogP contribution in [0.15, 0.2) is 52.3 Å². The van der Waals surface area contributed by atoms with E-state index in [1.807, 2.05) is 19.9 Å². The van der Waals surface area contributed by atoms with E-state index in [1.165, 1.54) is 31.3 Å². The van der Waals surface area contributed by atoms with Crippen LogP contribution in [0.1, 0.15) is 11.1 Å². The number of hydrogen-bond acceptors (Lipinski definition) is 4. The number of nitrogens with one attached hydrogen (secondary N) is 2. The largest absolute Gasteiger partial charge is 0.279 e. The molecule has 0 aliphatic heterocycles. The first-order chi connectivity index (χ1) is 10.7. The Morgan fingerprint density at radius 3 is 1.83 bits per heavy atom. The molecule has 0 radical (unpaired) electrons. The maximum Gasteiger partial charge on any atom is 0.261 e. The highest BCUT2D eigenvalue weighted by atomic mass is 32.2. The number of hydrogen-bond donors (Lipinski definition) is 2. The first-order valence-electron chi connectivity index (χ1n) is 6.80. The molecule has 0 aromatic heterocycles. The maximum absolute atomic E-state index is 12.4. The van der Waals surface area contributed by atoms with Crippen molar-refractivity contribution in [3.05, 3.63) is 53.6 Å². The van der Waals surface area contributed by atoms with Crippen molar-refractivity contribution in [2.45, 2.75) is 23.6 Å². The Balaban J connectivity index is 2.35. The molecule has 0 heterocycles. The fourth-order valence-corrected chi connectivity index (χ4v) is 3.83. The third-order valence-corrected chi connectivity index (χ3v) is 6.37. The summed E-state index contributed by atoms with van der Waals surface area (Å²) < 4.78 is 52.9. The van der Waals surface area contributed by atoms with Crippen molar-refractivity contribution in [2.75, 3.05) is 11.8 Å². The molecule has 0 aliphatic rings. The zero-order chi connectivity index (χ0) is 17.3. The van der Waals surface area contributed by atoms with Crippen molar-refractivity contribution in [2.24, 2.45) is 0 Å². The molecule has 0 spiro atoms. The van der Waals surface area contributed by atoms with E-state index < -0.39 is 20.0 Å². The highest BCUT2D eigenvalue weighted by Gasteiger charge is 2.18. The molecule has 0 amide bonds. The van der Waals surface area contributed by atoms with Gasteiger partial charge in [0.1, 0.15) is 0 Å². The topological polar surface area (TPSA) is 92.3 Å². The van der Waals surface area contributed by atoms with E-state index in [1.54, 1.807) is 12.1 Å². The Hall–Kier alpha value is -1.90. The number of anilines is 1. The van der Waals surface area contributed by atoms with Gasteiger partial charge in [-0.05, 0) is 62.4 Å². The molecule has 2 N–H and O–H groups in total. The SMILES string of the molecule is CNS(=O)(=O)c1ccc(S(=O)(=O)Nc2cccc(C)c2C)cc1. The first kappa shape index (κ1) is 17.5. The van der Waals surface area contributed by atoms with Crippen LogP contribution in [0.5, 0.6) is 0 Å². The average Bonchev–Trinajstić information content (AvgIpc) is 2.52. The van der Waals surface area contributed by atoms with E-state index in [9.17, 15) is 16.8 Å². The van der Waals surface area contributed by atoms with Gasteiger partial charge in [0.25, 0.3) is 10.0 Å². The second-order valence-electron chi connectivity index (χ2n) is 5.03. The fourth-order valence-electron chi connectivity index (χ4n) is 1.98. The van der Waals surface area contributed by atoms with Crippen LogP contribution in [0.3, 0.4) is 0 Å². The Bertz CT molecular complexity index is 918. The quantitative estimate of drug-likeness (QED) is 0.859. The summed E-state index contributed by atoms with van der Waals surface area (Å²) >= 11 is 0. The van der Waals surface area contributed by atoms with Crippen LogP contribution >= 0.6 is 0 Å². The van der Waals surface area contributed by atoms with Crippen molar-refractivity contribution in [3.8, 4) is 0 Å². The van der Waals surface area contributed by atoms with Crippen LogP contribution in [-0.4, -0.2) is 23.9 Å². The minimum absolute atomic E-state index is 0.00526. The molecule has 2 rings (SSSR count). The standard InChI is InChI=1S/C15H18N2O4S2/c1-11-5-4-6-15(12(11)2)17-23(20,21)14-9-7-13(8-10-14)22(18,19)16-3/h4-10,16-17H,1-3H3. The lowest BCUT2D eigenvalue weighted by Crippen LogP contribution is -2.19. The Kier molecular flexibility index (Phi) is 4.79. The van der Waals surface area contributed by atoms with Crippen LogP contribution in [0, 0.1) is 13.8 Å². The van der Waals surface area contributed by atoms with E-state index in [2.05, 4.69) is 9.44 Å². The van der Waals surface area contributed by atoms with Gasteiger partial charge >= 0.3 is 0 Å². The molecule has 2 aromatic carbocycles. The second-order valence-corrected chi connectivity index (χ2v) is 8.60. The van der Waals surface area contributed by atoms with Crippen LogP contribution in [0.2, 0.25) is 0 Å². The second kappa shape index (κ2) is 6.31. The molecule has 0 saturated carbocycles. The van der Waals surface area contributed by atoms with Crippen LogP contribution in [0.4, 0.5) is 5.69 Å². The van der Waals surface area contributed by atoms with Crippen molar-refractivity contribution in [1.29, 1.82) is 0 Å². The molecule has 0 atom stereocenters. The van der Waals surface area contributed by atoms with Gasteiger partial charge < -0.3 is 0 Å². The zero-order valence-corrected chi connectivity index (χ0v) is 14.6. The molecule has 6 nitrogen and oxygen atoms in total. The van der Waals surface area contributed by atoms with Crippen molar-refractivity contribution in [1.82, 2.24) is 4.72 Å². The third-order valence-electron chi connectivity index (χ3n) is 3.56. The van der Waals surface area contributed by atoms with E-state index in [0.29, 0.717) is 5.69 Å². The number of aryl methyl sites for hydroxylation is 1. The van der Waals surface area contributed by atoms with Crippen LogP contribution < -0.4 is 9.44 Å². The Morgan fingerprint density at radius 1 is 0.783 bits per heavy atom. The van der Waals surface area contributed by atoms with Gasteiger partial charge in [0.05, 0.1) is 15.5 Å². The van der Waals surface area contributed by atoms with Gasteiger partial charge in [0, 0.05) is 0 Å². The summed E-state index contributed by atoms with van der Waals surface area (Å²) in [6, 6.07) is 10.4. The maximum atomic E-state index is 12.4. The highest BCUT2D eigenvalue weighted by molar-refractivity contribution is 7.92. The van der Waals surface area contributed by atoms with Crippen molar-refractivity contribution in [3.63, 3.8) is 0 Å². The number of sulfonamides is 2. The molecule has 0 unspecified atom stereocenters. The smallest absolute Gasteiger partial charge is 0.261 e. The summed E-state index contributed by atoms with van der Waals surface area (Å²) in [5, 5.41) is 0. The van der Waals surface area contributed by atoms with Crippen molar-refractivity contribution >= 4 is 25.7 Å². The number of benzene rings is 2. The summed E-state index contributed by atoms with van der Waals surface area (Å²) in [6.45, 7) is 3.72. The summed E-state index contributed by atoms with van der Waals surface area (Å²) in [5.41, 5.74) is 2.31. The van der Waals surface area contributed by atoms with Crippen molar-refractivity contribution < 1.29 is 16.8 Å². The number of rotatable bonds is 5. The molecule has 124 valence electrons. The normalized spacial score (nSPS) is 12.1. The van der Waals surface area contributed by atoms with Crippen LogP contribution in [0.25, 0.3) is 0 Å². The molecule has 0 saturated heterocycles. The van der Waals surface area contributed by atoms with Gasteiger partial charge in [0.15, 0.2) is 0 Å². The van der Waals surface area contributed by atoms with E-state index >= 15 is 0 Å². The summed E-state index contributed by atoms with van der Waals surface area (Å²) in [4.78, 5) is -0.000791. The monoisotopic (exact) mass is 354 g/mol. The molecular weight excluding hydrogens is 336 g/mol. The molecule has 8 heteroatoms. The lowest BCUT2D eigenvalue weighted by Gasteiger charge is -2.12. The van der Waals surface area contributed by atoms with Gasteiger partial charge in [0.2, 0.25) is 10.0 Å². The fraction of sp³-hybridized carbons (Fsp3) is 0.200. The predicted octanol–water partition coefficient (Wildman–Crippen LogP) is 2.01. The molecule has 0 bridgehead atoms. The summed E-state index contributed by atoms with van der Waals surface area (Å²) in [7, 11) is -6.09. The van der Waals surface area contributed by atoms with Crippen LogP contribution in [-0.2, 0) is 20.0 Å². The van der Waals surface area contributed by atoms with E-state index in [-0.39, 0.29) is 9.79 Å². The molecule has 23 heavy (non-hydrogen) atoms. The van der Waals surface area contributed by atoms with Gasteiger partial charge in [-0.25, -0.2) is 21.6 Å². The third kappa shape index (κ3) is 3.72. The van der Waals surface area contributed by atoms with E-state index in [0.717, 1.165) is 11.1 Å². The molecule has 2 aromatic rings. The van der Waals surface area contributed by atoms with Gasteiger partial charge in [-0.3, -0.25) is 4.72 Å². The molecule has 0 fully saturated rings. The minimum atomic E-state index is -3.79. The van der Waals surface area contributed by atoms with Gasteiger partial charge in [-0.2, -0.15) is 0 Å². The predicted molar refractivity (Wildman–Crippen MR) is 89.4 cm³/mol. The van der Waals surface area contributed by atoms with E-state index in [4.69, 9.17) is 0 Å².